The van der Waals surface area contributed by atoms with Crippen LogP contribution in [-0.4, -0.2) is 5.96 Å². The lowest BCUT2D eigenvalue weighted by atomic mass is 11.0. The molecule has 0 fully saturated rings. The molecule has 0 spiro atoms. The molecular formula is C2H3N5O. The van der Waals surface area contributed by atoms with Gasteiger partial charge in [0.1, 0.15) is 0 Å². The zero-order chi connectivity index (χ0) is 6.41. The van der Waals surface area contributed by atoms with Crippen molar-refractivity contribution < 1.29 is 0 Å². The number of nitrogens with two attached hydrogens (primary N) is 1. The van der Waals surface area contributed by atoms with E-state index < -0.39 is 0 Å². The molecule has 6 heteroatoms. The number of aliphatic imine (C=N–C) groups is 1. The average molecular weight is 113 g/mol. The summed E-state index contributed by atoms with van der Waals surface area (Å²) in [6.45, 7) is 0. The Labute approximate surface area is 44.9 Å². The van der Waals surface area contributed by atoms with E-state index in [1.54, 1.807) is 5.43 Å². The molecule has 0 saturated carbocycles. The summed E-state index contributed by atoms with van der Waals surface area (Å²) in [6, 6.07) is 0. The highest BCUT2D eigenvalue weighted by molar-refractivity contribution is 5.78. The first-order chi connectivity index (χ1) is 3.81. The van der Waals surface area contributed by atoms with Gasteiger partial charge in [0.25, 0.3) is 0 Å². The molecule has 0 unspecified atom stereocenters. The third-order valence-electron chi connectivity index (χ3n) is 0.331. The number of nitriles is 1. The van der Waals surface area contributed by atoms with Crippen LogP contribution in [0.25, 0.3) is 0 Å². The molecule has 0 aromatic rings. The summed E-state index contributed by atoms with van der Waals surface area (Å²) < 4.78 is 0. The molecule has 6 nitrogen and oxygen atoms in total. The number of hydrogen-bond acceptors (Lipinski definition) is 4. The van der Waals surface area contributed by atoms with Crippen LogP contribution in [0.1, 0.15) is 0 Å². The van der Waals surface area contributed by atoms with Crippen molar-refractivity contribution in [3.63, 3.8) is 0 Å². The van der Waals surface area contributed by atoms with Crippen LogP contribution in [0.2, 0.25) is 0 Å². The van der Waals surface area contributed by atoms with E-state index in [1.807, 2.05) is 0 Å². The van der Waals surface area contributed by atoms with Gasteiger partial charge in [-0.25, -0.2) is 5.43 Å². The molecule has 0 saturated heterocycles. The molecule has 0 bridgehead atoms. The molecule has 0 radical (unpaired) electrons. The molecule has 0 aliphatic carbocycles. The Morgan fingerprint density at radius 3 is 2.88 bits per heavy atom. The van der Waals surface area contributed by atoms with Crippen molar-refractivity contribution in [2.24, 2.45) is 16.0 Å². The SMILES string of the molecule is N#CN=C(N)NN=O. The van der Waals surface area contributed by atoms with E-state index in [2.05, 4.69) is 10.3 Å². The number of nitrogens with zero attached hydrogens (tertiary/aromatic N) is 3. The molecule has 0 aliphatic heterocycles. The van der Waals surface area contributed by atoms with Crippen molar-refractivity contribution in [3.05, 3.63) is 4.91 Å². The molecular weight excluding hydrogens is 110 g/mol. The summed E-state index contributed by atoms with van der Waals surface area (Å²) in [5.74, 6) is -0.303. The van der Waals surface area contributed by atoms with Gasteiger partial charge in [0.05, 0.1) is 5.29 Å². The van der Waals surface area contributed by atoms with E-state index in [0.717, 1.165) is 0 Å². The van der Waals surface area contributed by atoms with Crippen molar-refractivity contribution in [3.8, 4) is 6.19 Å². The predicted octanol–water partition coefficient (Wildman–Crippen LogP) is -0.947. The Morgan fingerprint density at radius 2 is 2.50 bits per heavy atom. The minimum Gasteiger partial charge on any atom is -0.368 e. The molecule has 0 atom stereocenters. The van der Waals surface area contributed by atoms with Crippen molar-refractivity contribution in [2.45, 2.75) is 0 Å². The van der Waals surface area contributed by atoms with Crippen LogP contribution in [0, 0.1) is 16.4 Å². The fraction of sp³-hybridized carbons (Fsp3) is 0. The van der Waals surface area contributed by atoms with Crippen LogP contribution in [0.15, 0.2) is 10.3 Å². The van der Waals surface area contributed by atoms with Crippen molar-refractivity contribution in [1.29, 1.82) is 5.26 Å². The third-order valence-corrected chi connectivity index (χ3v) is 0.331. The fourth-order valence-corrected chi connectivity index (χ4v) is 0.126. The standard InChI is InChI=1S/C2H3N5O/c3-1-5-2(4)6-7-8/h(H3,4,5,6,8). The largest absolute Gasteiger partial charge is 0.368 e. The number of hydrogen-bond donors (Lipinski definition) is 2. The summed E-state index contributed by atoms with van der Waals surface area (Å²) in [7, 11) is 0. The van der Waals surface area contributed by atoms with E-state index >= 15 is 0 Å². The van der Waals surface area contributed by atoms with E-state index in [9.17, 15) is 4.91 Å². The molecule has 0 aliphatic rings. The monoisotopic (exact) mass is 113 g/mol. The van der Waals surface area contributed by atoms with Gasteiger partial charge in [-0.05, 0) is 0 Å². The van der Waals surface area contributed by atoms with Crippen LogP contribution >= 0.6 is 0 Å². The summed E-state index contributed by atoms with van der Waals surface area (Å²) in [5, 5.41) is 9.91. The molecule has 42 valence electrons. The highest BCUT2D eigenvalue weighted by atomic mass is 16.3. The Balaban J connectivity index is 3.65. The molecule has 8 heavy (non-hydrogen) atoms. The molecule has 0 amide bonds. The number of guanidine groups is 1. The maximum Gasteiger partial charge on any atom is 0.227 e. The lowest BCUT2D eigenvalue weighted by Gasteiger charge is -1.85. The van der Waals surface area contributed by atoms with Gasteiger partial charge in [0.15, 0.2) is 0 Å². The van der Waals surface area contributed by atoms with Gasteiger partial charge in [-0.2, -0.15) is 5.26 Å². The van der Waals surface area contributed by atoms with Crippen LogP contribution in [0.3, 0.4) is 0 Å². The Kier molecular flexibility index (Phi) is 2.82. The van der Waals surface area contributed by atoms with E-state index in [4.69, 9.17) is 11.0 Å². The first-order valence-corrected chi connectivity index (χ1v) is 1.62. The fourth-order valence-electron chi connectivity index (χ4n) is 0.126. The second-order valence-electron chi connectivity index (χ2n) is 0.800. The van der Waals surface area contributed by atoms with E-state index in [-0.39, 0.29) is 5.96 Å². The first kappa shape index (κ1) is 6.36. The summed E-state index contributed by atoms with van der Waals surface area (Å²) in [6.07, 6.45) is 1.35. The quantitative estimate of drug-likeness (QED) is 0.150. The van der Waals surface area contributed by atoms with Gasteiger partial charge in [-0.1, -0.05) is 0 Å². The summed E-state index contributed by atoms with van der Waals surface area (Å²) >= 11 is 0. The Morgan fingerprint density at radius 1 is 1.88 bits per heavy atom. The molecule has 0 aromatic heterocycles. The zero-order valence-electron chi connectivity index (χ0n) is 3.83. The highest BCUT2D eigenvalue weighted by Crippen LogP contribution is 1.59. The summed E-state index contributed by atoms with van der Waals surface area (Å²) in [5.41, 5.74) is 6.54. The molecule has 0 aromatic carbocycles. The molecule has 0 rings (SSSR count). The van der Waals surface area contributed by atoms with Crippen LogP contribution < -0.4 is 11.2 Å². The van der Waals surface area contributed by atoms with E-state index in [0.29, 0.717) is 0 Å². The predicted molar refractivity (Wildman–Crippen MR) is 26.2 cm³/mol. The maximum atomic E-state index is 9.26. The minimum atomic E-state index is -0.303. The first-order valence-electron chi connectivity index (χ1n) is 1.62. The van der Waals surface area contributed by atoms with Crippen LogP contribution in [0.4, 0.5) is 0 Å². The minimum absolute atomic E-state index is 0.303. The number of rotatable bonds is 1. The van der Waals surface area contributed by atoms with Gasteiger partial charge in [0.2, 0.25) is 12.2 Å². The Hall–Kier alpha value is -1.64. The second kappa shape index (κ2) is 3.55. The molecule has 0 heterocycles. The highest BCUT2D eigenvalue weighted by Gasteiger charge is 1.82. The molecule has 3 N–H and O–H groups in total. The van der Waals surface area contributed by atoms with Gasteiger partial charge >= 0.3 is 0 Å². The third kappa shape index (κ3) is 2.59. The summed E-state index contributed by atoms with van der Waals surface area (Å²) in [4.78, 5) is 12.2. The average Bonchev–Trinajstić information content (AvgIpc) is 1.68. The number of nitrogens with one attached hydrogen (secondary N) is 1. The zero-order valence-corrected chi connectivity index (χ0v) is 3.83. The van der Waals surface area contributed by atoms with Crippen molar-refractivity contribution in [2.75, 3.05) is 0 Å². The van der Waals surface area contributed by atoms with Gasteiger partial charge in [-0.3, -0.25) is 0 Å². The smallest absolute Gasteiger partial charge is 0.227 e. The van der Waals surface area contributed by atoms with E-state index in [1.165, 1.54) is 6.19 Å². The lowest BCUT2D eigenvalue weighted by molar-refractivity contribution is 0.993. The van der Waals surface area contributed by atoms with Crippen molar-refractivity contribution in [1.82, 2.24) is 5.43 Å². The number of nitroso groups, excluding NO2 is 1. The topological polar surface area (TPSA) is 104 Å². The maximum absolute atomic E-state index is 9.26. The lowest BCUT2D eigenvalue weighted by Crippen LogP contribution is -2.25. The second-order valence-corrected chi connectivity index (χ2v) is 0.800. The van der Waals surface area contributed by atoms with Crippen molar-refractivity contribution >= 4 is 5.96 Å². The Bertz CT molecular complexity index is 143. The van der Waals surface area contributed by atoms with Gasteiger partial charge < -0.3 is 5.73 Å². The van der Waals surface area contributed by atoms with Gasteiger partial charge in [-0.15, -0.1) is 9.90 Å². The normalized spacial score (nSPS) is 9.62. The van der Waals surface area contributed by atoms with Crippen LogP contribution in [-0.2, 0) is 0 Å². The van der Waals surface area contributed by atoms with Gasteiger partial charge in [0, 0.05) is 0 Å². The van der Waals surface area contributed by atoms with Crippen LogP contribution in [0.5, 0.6) is 0 Å².